The summed E-state index contributed by atoms with van der Waals surface area (Å²) in [5.74, 6) is 0. The molecule has 0 amide bonds. The Bertz CT molecular complexity index is 1300. The molecule has 0 spiro atoms. The molecule has 0 saturated carbocycles. The number of hydrogen-bond acceptors (Lipinski definition) is 0. The second-order valence-corrected chi connectivity index (χ2v) is 8.26. The molecule has 5 aromatic carbocycles. The molecule has 0 radical (unpaired) electrons. The maximum atomic E-state index is 2.41. The normalized spacial score (nSPS) is 11.0. The predicted molar refractivity (Wildman–Crippen MR) is 133 cm³/mol. The average Bonchev–Trinajstić information content (AvgIpc) is 2.83. The van der Waals surface area contributed by atoms with Crippen molar-refractivity contribution in [1.82, 2.24) is 0 Å². The molecule has 0 heteroatoms. The van der Waals surface area contributed by atoms with Gasteiger partial charge in [0.25, 0.3) is 0 Å². The van der Waals surface area contributed by atoms with Gasteiger partial charge in [0.1, 0.15) is 0 Å². The number of benzene rings is 5. The van der Waals surface area contributed by atoms with Crippen molar-refractivity contribution in [2.45, 2.75) is 19.8 Å². The van der Waals surface area contributed by atoms with E-state index in [9.17, 15) is 0 Å². The molecule has 0 N–H and O–H groups in total. The minimum absolute atomic E-state index is 1.02. The molecule has 5 aromatic rings. The molecular formula is C31H26. The molecule has 5 rings (SSSR count). The highest BCUT2D eigenvalue weighted by atomic mass is 14.2. The Kier molecular flexibility index (Phi) is 5.37. The molecule has 0 nitrogen and oxygen atoms in total. The van der Waals surface area contributed by atoms with E-state index < -0.39 is 0 Å². The summed E-state index contributed by atoms with van der Waals surface area (Å²) in [5, 5.41) is 2.68. The SMILES string of the molecule is Cc1ccc(-c2cc(CCc3ccccc3)c3c(-c4ccccc4)cccc3c2)cc1. The lowest BCUT2D eigenvalue weighted by atomic mass is 9.89. The molecule has 0 saturated heterocycles. The first-order chi connectivity index (χ1) is 15.3. The standard InChI is InChI=1S/C31H26/c1-23-15-18-25(19-16-23)29-21-27-13-8-14-30(26-11-6-3-7-12-26)31(27)28(22-29)20-17-24-9-4-2-5-10-24/h2-16,18-19,21-22H,17,20H2,1H3. The summed E-state index contributed by atoms with van der Waals surface area (Å²) in [4.78, 5) is 0. The Morgan fingerprint density at radius 3 is 1.97 bits per heavy atom. The van der Waals surface area contributed by atoms with Gasteiger partial charge in [0.15, 0.2) is 0 Å². The zero-order valence-electron chi connectivity index (χ0n) is 17.9. The monoisotopic (exact) mass is 398 g/mol. The van der Waals surface area contributed by atoms with Crippen LogP contribution >= 0.6 is 0 Å². The van der Waals surface area contributed by atoms with E-state index >= 15 is 0 Å². The smallest absolute Gasteiger partial charge is 0.00728 e. The lowest BCUT2D eigenvalue weighted by Crippen LogP contribution is -1.96. The first-order valence-corrected chi connectivity index (χ1v) is 11.0. The Hall–Kier alpha value is -3.64. The summed E-state index contributed by atoms with van der Waals surface area (Å²) in [6.07, 6.45) is 2.06. The lowest BCUT2D eigenvalue weighted by Gasteiger charge is -2.15. The number of rotatable bonds is 5. The van der Waals surface area contributed by atoms with E-state index in [4.69, 9.17) is 0 Å². The van der Waals surface area contributed by atoms with Crippen LogP contribution in [-0.2, 0) is 12.8 Å². The van der Waals surface area contributed by atoms with Gasteiger partial charge >= 0.3 is 0 Å². The third kappa shape index (κ3) is 4.15. The fourth-order valence-corrected chi connectivity index (χ4v) is 4.41. The van der Waals surface area contributed by atoms with E-state index in [2.05, 4.69) is 122 Å². The van der Waals surface area contributed by atoms with Crippen LogP contribution in [0.5, 0.6) is 0 Å². The molecule has 150 valence electrons. The van der Waals surface area contributed by atoms with E-state index in [-0.39, 0.29) is 0 Å². The average molecular weight is 399 g/mol. The summed E-state index contributed by atoms with van der Waals surface area (Å²) in [7, 11) is 0. The molecule has 0 aromatic heterocycles. The van der Waals surface area contributed by atoms with Gasteiger partial charge in [-0.1, -0.05) is 115 Å². The first kappa shape index (κ1) is 19.3. The van der Waals surface area contributed by atoms with Crippen LogP contribution in [0.1, 0.15) is 16.7 Å². The summed E-state index contributed by atoms with van der Waals surface area (Å²) >= 11 is 0. The highest BCUT2D eigenvalue weighted by Crippen LogP contribution is 2.35. The highest BCUT2D eigenvalue weighted by Gasteiger charge is 2.11. The van der Waals surface area contributed by atoms with Gasteiger partial charge in [0.2, 0.25) is 0 Å². The predicted octanol–water partition coefficient (Wildman–Crippen LogP) is 8.27. The van der Waals surface area contributed by atoms with Crippen LogP contribution in [-0.4, -0.2) is 0 Å². The molecule has 0 heterocycles. The van der Waals surface area contributed by atoms with Crippen molar-refractivity contribution in [3.63, 3.8) is 0 Å². The maximum absolute atomic E-state index is 2.41. The Morgan fingerprint density at radius 1 is 0.516 bits per heavy atom. The zero-order valence-corrected chi connectivity index (χ0v) is 17.9. The minimum Gasteiger partial charge on any atom is -0.0622 e. The van der Waals surface area contributed by atoms with Crippen molar-refractivity contribution in [2.75, 3.05) is 0 Å². The second-order valence-electron chi connectivity index (χ2n) is 8.26. The van der Waals surface area contributed by atoms with Gasteiger partial charge in [0.05, 0.1) is 0 Å². The number of hydrogen-bond donors (Lipinski definition) is 0. The summed E-state index contributed by atoms with van der Waals surface area (Å²) in [6, 6.07) is 41.9. The van der Waals surface area contributed by atoms with Gasteiger partial charge in [-0.05, 0) is 70.0 Å². The Labute approximate surface area is 184 Å². The fourth-order valence-electron chi connectivity index (χ4n) is 4.41. The van der Waals surface area contributed by atoms with Crippen molar-refractivity contribution in [2.24, 2.45) is 0 Å². The van der Waals surface area contributed by atoms with Gasteiger partial charge in [-0.25, -0.2) is 0 Å². The first-order valence-electron chi connectivity index (χ1n) is 11.0. The van der Waals surface area contributed by atoms with Crippen molar-refractivity contribution < 1.29 is 0 Å². The van der Waals surface area contributed by atoms with E-state index in [1.54, 1.807) is 0 Å². The lowest BCUT2D eigenvalue weighted by molar-refractivity contribution is 0.970. The third-order valence-electron chi connectivity index (χ3n) is 6.05. The van der Waals surface area contributed by atoms with Gasteiger partial charge < -0.3 is 0 Å². The molecule has 0 aliphatic carbocycles. The van der Waals surface area contributed by atoms with Crippen molar-refractivity contribution in [1.29, 1.82) is 0 Å². The number of fused-ring (bicyclic) bond motifs is 1. The zero-order chi connectivity index (χ0) is 21.0. The molecular weight excluding hydrogens is 372 g/mol. The molecule has 0 atom stereocenters. The molecule has 0 aliphatic heterocycles. The molecule has 0 aliphatic rings. The molecule has 31 heavy (non-hydrogen) atoms. The van der Waals surface area contributed by atoms with Crippen LogP contribution in [0.4, 0.5) is 0 Å². The topological polar surface area (TPSA) is 0 Å². The molecule has 0 unspecified atom stereocenters. The second kappa shape index (κ2) is 8.62. The van der Waals surface area contributed by atoms with E-state index in [0.29, 0.717) is 0 Å². The van der Waals surface area contributed by atoms with Crippen LogP contribution in [0.3, 0.4) is 0 Å². The van der Waals surface area contributed by atoms with Crippen molar-refractivity contribution in [3.8, 4) is 22.3 Å². The largest absolute Gasteiger partial charge is 0.0622 e. The quantitative estimate of drug-likeness (QED) is 0.279. The Morgan fingerprint density at radius 2 is 1.23 bits per heavy atom. The summed E-state index contributed by atoms with van der Waals surface area (Å²) < 4.78 is 0. The van der Waals surface area contributed by atoms with Crippen molar-refractivity contribution in [3.05, 3.63) is 132 Å². The van der Waals surface area contributed by atoms with Gasteiger partial charge in [-0.2, -0.15) is 0 Å². The fraction of sp³-hybridized carbons (Fsp3) is 0.0968. The van der Waals surface area contributed by atoms with Crippen LogP contribution in [0.2, 0.25) is 0 Å². The third-order valence-corrected chi connectivity index (χ3v) is 6.05. The van der Waals surface area contributed by atoms with Gasteiger partial charge in [-0.3, -0.25) is 0 Å². The summed E-state index contributed by atoms with van der Waals surface area (Å²) in [5.41, 5.74) is 9.25. The highest BCUT2D eigenvalue weighted by molar-refractivity contribution is 6.01. The minimum atomic E-state index is 1.02. The van der Waals surface area contributed by atoms with Crippen LogP contribution < -0.4 is 0 Å². The number of aryl methyl sites for hydroxylation is 3. The molecule has 0 bridgehead atoms. The summed E-state index contributed by atoms with van der Waals surface area (Å²) in [6.45, 7) is 2.14. The van der Waals surface area contributed by atoms with Crippen molar-refractivity contribution >= 4 is 10.8 Å². The van der Waals surface area contributed by atoms with E-state index in [1.165, 1.54) is 49.7 Å². The maximum Gasteiger partial charge on any atom is -0.00728 e. The van der Waals surface area contributed by atoms with Crippen LogP contribution in [0.15, 0.2) is 115 Å². The molecule has 0 fully saturated rings. The van der Waals surface area contributed by atoms with E-state index in [0.717, 1.165) is 12.8 Å². The van der Waals surface area contributed by atoms with Crippen LogP contribution in [0.25, 0.3) is 33.0 Å². The van der Waals surface area contributed by atoms with Crippen LogP contribution in [0, 0.1) is 6.92 Å². The van der Waals surface area contributed by atoms with Gasteiger partial charge in [0, 0.05) is 0 Å². The van der Waals surface area contributed by atoms with Gasteiger partial charge in [-0.15, -0.1) is 0 Å². The Balaban J connectivity index is 1.67. The van der Waals surface area contributed by atoms with E-state index in [1.807, 2.05) is 0 Å².